The van der Waals surface area contributed by atoms with Crippen molar-refractivity contribution in [1.82, 2.24) is 5.32 Å². The van der Waals surface area contributed by atoms with Crippen LogP contribution in [0.4, 0.5) is 4.39 Å². The van der Waals surface area contributed by atoms with E-state index in [1.54, 1.807) is 0 Å². The normalized spacial score (nSPS) is 12.5. The zero-order chi connectivity index (χ0) is 12.1. The predicted octanol–water partition coefficient (Wildman–Crippen LogP) is 4.21. The van der Waals surface area contributed by atoms with Gasteiger partial charge in [-0.2, -0.15) is 0 Å². The Bertz CT molecular complexity index is 376. The summed E-state index contributed by atoms with van der Waals surface area (Å²) in [6.45, 7) is 5.85. The van der Waals surface area contributed by atoms with E-state index < -0.39 is 0 Å². The van der Waals surface area contributed by atoms with Crippen LogP contribution in [0.2, 0.25) is 0 Å². The Morgan fingerprint density at radius 2 is 2.25 bits per heavy atom. The van der Waals surface area contributed by atoms with E-state index in [2.05, 4.69) is 27.8 Å². The van der Waals surface area contributed by atoms with Gasteiger partial charge in [0.25, 0.3) is 0 Å². The first-order valence-electron chi connectivity index (χ1n) is 5.31. The highest BCUT2D eigenvalue weighted by Gasteiger charge is 2.13. The summed E-state index contributed by atoms with van der Waals surface area (Å²) in [5.74, 6) is -0.171. The molecule has 1 rings (SSSR count). The molecular weight excluding hydrogens is 269 g/mol. The van der Waals surface area contributed by atoms with E-state index in [1.165, 1.54) is 6.07 Å². The Labute approximate surface area is 105 Å². The molecule has 0 fully saturated rings. The van der Waals surface area contributed by atoms with Crippen molar-refractivity contribution in [2.45, 2.75) is 25.8 Å². The third kappa shape index (κ3) is 3.72. The van der Waals surface area contributed by atoms with Gasteiger partial charge in [0.1, 0.15) is 5.82 Å². The second-order valence-electron chi connectivity index (χ2n) is 4.00. The molecule has 1 aromatic rings. The summed E-state index contributed by atoms with van der Waals surface area (Å²) < 4.78 is 14.5. The average molecular weight is 286 g/mol. The van der Waals surface area contributed by atoms with Gasteiger partial charge in [-0.25, -0.2) is 4.39 Å². The quantitative estimate of drug-likeness (QED) is 0.800. The predicted molar refractivity (Wildman–Crippen MR) is 69.9 cm³/mol. The first-order chi connectivity index (χ1) is 7.54. The lowest BCUT2D eigenvalue weighted by Gasteiger charge is -2.17. The standard InChI is InChI=1S/C13H17BrFN/c1-9(2)4-7-13(16-3)11-6-5-10(14)8-12(11)15/h5-6,8,13,16H,1,4,7H2,2-3H3. The number of hydrogen-bond donors (Lipinski definition) is 1. The molecule has 0 heterocycles. The number of allylic oxidation sites excluding steroid dienone is 1. The third-order valence-corrected chi connectivity index (χ3v) is 3.04. The molecule has 0 bridgehead atoms. The summed E-state index contributed by atoms with van der Waals surface area (Å²) in [6.07, 6.45) is 1.77. The van der Waals surface area contributed by atoms with Gasteiger partial charge in [-0.15, -0.1) is 6.58 Å². The minimum atomic E-state index is -0.171. The van der Waals surface area contributed by atoms with Crippen LogP contribution >= 0.6 is 15.9 Å². The Morgan fingerprint density at radius 1 is 1.56 bits per heavy atom. The Kier molecular flexibility index (Phi) is 5.16. The summed E-state index contributed by atoms with van der Waals surface area (Å²) in [5, 5.41) is 3.14. The van der Waals surface area contributed by atoms with Gasteiger partial charge in [-0.05, 0) is 38.9 Å². The Hall–Kier alpha value is -0.670. The molecule has 1 N–H and O–H groups in total. The van der Waals surface area contributed by atoms with Gasteiger partial charge < -0.3 is 5.32 Å². The van der Waals surface area contributed by atoms with E-state index in [9.17, 15) is 4.39 Å². The second-order valence-corrected chi connectivity index (χ2v) is 4.92. The first kappa shape index (κ1) is 13.4. The van der Waals surface area contributed by atoms with Gasteiger partial charge >= 0.3 is 0 Å². The number of benzene rings is 1. The SMILES string of the molecule is C=C(C)CCC(NC)c1ccc(Br)cc1F. The van der Waals surface area contributed by atoms with Crippen LogP contribution in [0.3, 0.4) is 0 Å². The number of nitrogens with one attached hydrogen (secondary N) is 1. The molecule has 16 heavy (non-hydrogen) atoms. The van der Waals surface area contributed by atoms with Crippen molar-refractivity contribution in [3.8, 4) is 0 Å². The largest absolute Gasteiger partial charge is 0.313 e. The maximum absolute atomic E-state index is 13.7. The third-order valence-electron chi connectivity index (χ3n) is 2.55. The smallest absolute Gasteiger partial charge is 0.129 e. The van der Waals surface area contributed by atoms with Gasteiger partial charge in [0, 0.05) is 16.1 Å². The molecular formula is C13H17BrFN. The molecule has 0 aliphatic carbocycles. The van der Waals surface area contributed by atoms with Gasteiger partial charge in [0.05, 0.1) is 0 Å². The van der Waals surface area contributed by atoms with E-state index >= 15 is 0 Å². The highest BCUT2D eigenvalue weighted by Crippen LogP contribution is 2.25. The fraction of sp³-hybridized carbons (Fsp3) is 0.385. The summed E-state index contributed by atoms with van der Waals surface area (Å²) >= 11 is 3.26. The topological polar surface area (TPSA) is 12.0 Å². The molecule has 1 nitrogen and oxygen atoms in total. The van der Waals surface area contributed by atoms with Gasteiger partial charge in [0.15, 0.2) is 0 Å². The van der Waals surface area contributed by atoms with E-state index in [0.717, 1.165) is 22.9 Å². The molecule has 0 aliphatic rings. The molecule has 0 amide bonds. The van der Waals surface area contributed by atoms with Crippen LogP contribution in [0, 0.1) is 5.82 Å². The van der Waals surface area contributed by atoms with Crippen LogP contribution in [0.5, 0.6) is 0 Å². The van der Waals surface area contributed by atoms with Crippen molar-refractivity contribution >= 4 is 15.9 Å². The van der Waals surface area contributed by atoms with Crippen molar-refractivity contribution in [2.24, 2.45) is 0 Å². The molecule has 3 heteroatoms. The van der Waals surface area contributed by atoms with Crippen LogP contribution in [-0.4, -0.2) is 7.05 Å². The second kappa shape index (κ2) is 6.16. The van der Waals surface area contributed by atoms with E-state index in [0.29, 0.717) is 5.56 Å². The maximum atomic E-state index is 13.7. The molecule has 0 saturated heterocycles. The summed E-state index contributed by atoms with van der Waals surface area (Å²) in [4.78, 5) is 0. The minimum absolute atomic E-state index is 0.0461. The summed E-state index contributed by atoms with van der Waals surface area (Å²) in [6, 6.07) is 5.23. The van der Waals surface area contributed by atoms with Crippen molar-refractivity contribution < 1.29 is 4.39 Å². The number of halogens is 2. The molecule has 0 radical (unpaired) electrons. The molecule has 1 atom stereocenters. The van der Waals surface area contributed by atoms with Crippen LogP contribution in [0.1, 0.15) is 31.4 Å². The lowest BCUT2D eigenvalue weighted by molar-refractivity contribution is 0.508. The lowest BCUT2D eigenvalue weighted by Crippen LogP contribution is -2.17. The maximum Gasteiger partial charge on any atom is 0.129 e. The molecule has 0 saturated carbocycles. The van der Waals surface area contributed by atoms with E-state index in [1.807, 2.05) is 26.1 Å². The van der Waals surface area contributed by atoms with Crippen molar-refractivity contribution in [2.75, 3.05) is 7.05 Å². The van der Waals surface area contributed by atoms with Crippen LogP contribution in [0.25, 0.3) is 0 Å². The van der Waals surface area contributed by atoms with Crippen molar-refractivity contribution in [3.63, 3.8) is 0 Å². The molecule has 0 aliphatic heterocycles. The number of hydrogen-bond acceptors (Lipinski definition) is 1. The van der Waals surface area contributed by atoms with Gasteiger partial charge in [-0.3, -0.25) is 0 Å². The molecule has 1 aromatic carbocycles. The van der Waals surface area contributed by atoms with E-state index in [4.69, 9.17) is 0 Å². The van der Waals surface area contributed by atoms with E-state index in [-0.39, 0.29) is 11.9 Å². The fourth-order valence-corrected chi connectivity index (χ4v) is 1.96. The molecule has 88 valence electrons. The highest BCUT2D eigenvalue weighted by atomic mass is 79.9. The zero-order valence-corrected chi connectivity index (χ0v) is 11.3. The Balaban J connectivity index is 2.82. The van der Waals surface area contributed by atoms with Crippen molar-refractivity contribution in [1.29, 1.82) is 0 Å². The number of rotatable bonds is 5. The lowest BCUT2D eigenvalue weighted by atomic mass is 10.00. The highest BCUT2D eigenvalue weighted by molar-refractivity contribution is 9.10. The summed E-state index contributed by atoms with van der Waals surface area (Å²) in [7, 11) is 1.85. The van der Waals surface area contributed by atoms with Crippen LogP contribution in [-0.2, 0) is 0 Å². The Morgan fingerprint density at radius 3 is 2.75 bits per heavy atom. The monoisotopic (exact) mass is 285 g/mol. The summed E-state index contributed by atoms with van der Waals surface area (Å²) in [5.41, 5.74) is 1.84. The molecule has 0 spiro atoms. The van der Waals surface area contributed by atoms with Gasteiger partial charge in [0.2, 0.25) is 0 Å². The fourth-order valence-electron chi connectivity index (χ4n) is 1.63. The average Bonchev–Trinajstić information content (AvgIpc) is 2.21. The zero-order valence-electron chi connectivity index (χ0n) is 9.69. The van der Waals surface area contributed by atoms with Gasteiger partial charge in [-0.1, -0.05) is 27.6 Å². The van der Waals surface area contributed by atoms with Crippen molar-refractivity contribution in [3.05, 3.63) is 46.2 Å². The first-order valence-corrected chi connectivity index (χ1v) is 6.10. The molecule has 0 aromatic heterocycles. The molecule has 1 unspecified atom stereocenters. The van der Waals surface area contributed by atoms with Crippen LogP contribution in [0.15, 0.2) is 34.8 Å². The minimum Gasteiger partial charge on any atom is -0.313 e. The van der Waals surface area contributed by atoms with Crippen LogP contribution < -0.4 is 5.32 Å².